The highest BCUT2D eigenvalue weighted by Gasteiger charge is 1.97. The number of phenols is 2. The summed E-state index contributed by atoms with van der Waals surface area (Å²) < 4.78 is 0. The summed E-state index contributed by atoms with van der Waals surface area (Å²) in [5.41, 5.74) is 1.09. The van der Waals surface area contributed by atoms with Crippen molar-refractivity contribution in [1.29, 1.82) is 0 Å². The molecule has 0 aliphatic rings. The van der Waals surface area contributed by atoms with E-state index in [0.717, 1.165) is 0 Å². The molecule has 0 radical (unpaired) electrons. The summed E-state index contributed by atoms with van der Waals surface area (Å²) >= 11 is 0. The van der Waals surface area contributed by atoms with E-state index in [-0.39, 0.29) is 18.1 Å². The summed E-state index contributed by atoms with van der Waals surface area (Å²) in [5.74, 6) is 0.288. The number of phenolic OH excluding ortho intramolecular Hbond substituents is 2. The van der Waals surface area contributed by atoms with E-state index in [1.807, 2.05) is 6.07 Å². The molecule has 0 spiro atoms. The zero-order valence-corrected chi connectivity index (χ0v) is 10.7. The van der Waals surface area contributed by atoms with Crippen LogP contribution in [0.5, 0.6) is 11.5 Å². The van der Waals surface area contributed by atoms with Crippen molar-refractivity contribution in [2.24, 2.45) is 4.99 Å². The van der Waals surface area contributed by atoms with Gasteiger partial charge in [-0.25, -0.2) is 0 Å². The van der Waals surface area contributed by atoms with E-state index in [1.54, 1.807) is 49.4 Å². The van der Waals surface area contributed by atoms with E-state index in [2.05, 4.69) is 4.99 Å². The highest BCUT2D eigenvalue weighted by Crippen LogP contribution is 2.25. The van der Waals surface area contributed by atoms with E-state index < -0.39 is 0 Å². The van der Waals surface area contributed by atoms with Crippen LogP contribution < -0.4 is 0 Å². The molecular weight excluding hydrogens is 242 g/mol. The summed E-state index contributed by atoms with van der Waals surface area (Å²) in [4.78, 5) is 4.10. The Morgan fingerprint density at radius 2 is 1.47 bits per heavy atom. The number of hydrogen-bond acceptors (Lipinski definition) is 4. The van der Waals surface area contributed by atoms with Gasteiger partial charge in [0.1, 0.15) is 17.2 Å². The lowest BCUT2D eigenvalue weighted by atomic mass is 10.2. The van der Waals surface area contributed by atoms with Crippen molar-refractivity contribution in [3.05, 3.63) is 54.1 Å². The van der Waals surface area contributed by atoms with Gasteiger partial charge in [0.2, 0.25) is 0 Å². The van der Waals surface area contributed by atoms with Gasteiger partial charge in [0.05, 0.1) is 0 Å². The van der Waals surface area contributed by atoms with Crippen molar-refractivity contribution in [3.63, 3.8) is 0 Å². The lowest BCUT2D eigenvalue weighted by Crippen LogP contribution is -1.80. The van der Waals surface area contributed by atoms with Gasteiger partial charge in [-0.1, -0.05) is 24.3 Å². The van der Waals surface area contributed by atoms with Crippen LogP contribution in [-0.4, -0.2) is 28.1 Å². The third kappa shape index (κ3) is 4.81. The maximum absolute atomic E-state index is 9.50. The number of aliphatic imine (C=N–C) groups is 1. The molecule has 2 aromatic carbocycles. The summed E-state index contributed by atoms with van der Waals surface area (Å²) in [6.45, 7) is 1.93. The SMILES string of the molecule is CCO.Oc1ccccc1C=Nc1ccccc1O. The first kappa shape index (κ1) is 14.7. The summed E-state index contributed by atoms with van der Waals surface area (Å²) in [6, 6.07) is 13.7. The Bertz CT molecular complexity index is 491. The number of aliphatic hydroxyl groups excluding tert-OH is 1. The second-order valence-electron chi connectivity index (χ2n) is 3.62. The Morgan fingerprint density at radius 3 is 2.05 bits per heavy atom. The Kier molecular flexibility index (Phi) is 6.12. The minimum Gasteiger partial charge on any atom is -0.507 e. The summed E-state index contributed by atoms with van der Waals surface area (Å²) in [6.07, 6.45) is 1.52. The zero-order chi connectivity index (χ0) is 14.1. The number of hydrogen-bond donors (Lipinski definition) is 3. The molecule has 0 aromatic heterocycles. The fourth-order valence-electron chi connectivity index (χ4n) is 1.31. The molecule has 3 N–H and O–H groups in total. The lowest BCUT2D eigenvalue weighted by Gasteiger charge is -1.98. The molecule has 0 amide bonds. The first-order valence-corrected chi connectivity index (χ1v) is 5.90. The maximum Gasteiger partial charge on any atom is 0.141 e. The molecule has 100 valence electrons. The third-order valence-corrected chi connectivity index (χ3v) is 2.16. The molecule has 0 unspecified atom stereocenters. The van der Waals surface area contributed by atoms with Crippen LogP contribution in [-0.2, 0) is 0 Å². The molecule has 4 heteroatoms. The predicted octanol–water partition coefficient (Wildman–Crippen LogP) is 2.85. The predicted molar refractivity (Wildman–Crippen MR) is 76.2 cm³/mol. The molecule has 0 aliphatic carbocycles. The Hall–Kier alpha value is -2.33. The van der Waals surface area contributed by atoms with E-state index in [4.69, 9.17) is 5.11 Å². The van der Waals surface area contributed by atoms with Crippen LogP contribution in [0.25, 0.3) is 0 Å². The highest BCUT2D eigenvalue weighted by molar-refractivity contribution is 5.85. The smallest absolute Gasteiger partial charge is 0.141 e. The second kappa shape index (κ2) is 7.89. The number of benzene rings is 2. The van der Waals surface area contributed by atoms with Crippen LogP contribution >= 0.6 is 0 Å². The van der Waals surface area contributed by atoms with Gasteiger partial charge in [-0.15, -0.1) is 0 Å². The van der Waals surface area contributed by atoms with Crippen molar-refractivity contribution in [3.8, 4) is 11.5 Å². The molecule has 0 heterocycles. The van der Waals surface area contributed by atoms with Crippen LogP contribution in [0.15, 0.2) is 53.5 Å². The lowest BCUT2D eigenvalue weighted by molar-refractivity contribution is 0.318. The molecule has 0 saturated carbocycles. The Morgan fingerprint density at radius 1 is 0.947 bits per heavy atom. The van der Waals surface area contributed by atoms with Gasteiger partial charge in [0.25, 0.3) is 0 Å². The van der Waals surface area contributed by atoms with Gasteiger partial charge < -0.3 is 15.3 Å². The van der Waals surface area contributed by atoms with Crippen LogP contribution in [0.1, 0.15) is 12.5 Å². The number of aromatic hydroxyl groups is 2. The van der Waals surface area contributed by atoms with Crippen molar-refractivity contribution < 1.29 is 15.3 Å². The molecule has 0 bridgehead atoms. The third-order valence-electron chi connectivity index (χ3n) is 2.16. The van der Waals surface area contributed by atoms with Crippen LogP contribution in [0, 0.1) is 0 Å². The minimum atomic E-state index is 0.120. The second-order valence-corrected chi connectivity index (χ2v) is 3.62. The largest absolute Gasteiger partial charge is 0.507 e. The van der Waals surface area contributed by atoms with Gasteiger partial charge in [-0.3, -0.25) is 4.99 Å². The number of para-hydroxylation sites is 3. The van der Waals surface area contributed by atoms with Crippen LogP contribution in [0.2, 0.25) is 0 Å². The average Bonchev–Trinajstić information content (AvgIpc) is 2.40. The van der Waals surface area contributed by atoms with Crippen molar-refractivity contribution in [2.75, 3.05) is 6.61 Å². The normalized spacial score (nSPS) is 10.0. The first-order chi connectivity index (χ1) is 9.19. The molecular formula is C15H17NO3. The van der Waals surface area contributed by atoms with Crippen molar-refractivity contribution in [1.82, 2.24) is 0 Å². The average molecular weight is 259 g/mol. The van der Waals surface area contributed by atoms with E-state index >= 15 is 0 Å². The first-order valence-electron chi connectivity index (χ1n) is 5.90. The monoisotopic (exact) mass is 259 g/mol. The Balaban J connectivity index is 0.000000550. The molecule has 0 saturated heterocycles. The van der Waals surface area contributed by atoms with E-state index in [0.29, 0.717) is 11.3 Å². The van der Waals surface area contributed by atoms with E-state index in [9.17, 15) is 10.2 Å². The molecule has 2 aromatic rings. The topological polar surface area (TPSA) is 73.0 Å². The van der Waals surface area contributed by atoms with Gasteiger partial charge in [0.15, 0.2) is 0 Å². The Labute approximate surface area is 112 Å². The molecule has 2 rings (SSSR count). The maximum atomic E-state index is 9.50. The fourth-order valence-corrected chi connectivity index (χ4v) is 1.31. The van der Waals surface area contributed by atoms with Crippen molar-refractivity contribution >= 4 is 11.9 Å². The number of aliphatic hydroxyl groups is 1. The quantitative estimate of drug-likeness (QED) is 0.726. The molecule has 0 atom stereocenters. The van der Waals surface area contributed by atoms with Gasteiger partial charge in [-0.2, -0.15) is 0 Å². The highest BCUT2D eigenvalue weighted by atomic mass is 16.3. The fraction of sp³-hybridized carbons (Fsp3) is 0.133. The molecule has 0 aliphatic heterocycles. The molecule has 19 heavy (non-hydrogen) atoms. The van der Waals surface area contributed by atoms with Gasteiger partial charge in [0, 0.05) is 18.4 Å². The van der Waals surface area contributed by atoms with Gasteiger partial charge >= 0.3 is 0 Å². The number of nitrogens with zero attached hydrogens (tertiary/aromatic N) is 1. The summed E-state index contributed by atoms with van der Waals surface area (Å²) in [7, 11) is 0. The van der Waals surface area contributed by atoms with Crippen LogP contribution in [0.3, 0.4) is 0 Å². The summed E-state index contributed by atoms with van der Waals surface area (Å²) in [5, 5.41) is 26.6. The number of rotatable bonds is 2. The van der Waals surface area contributed by atoms with Crippen LogP contribution in [0.4, 0.5) is 5.69 Å². The zero-order valence-electron chi connectivity index (χ0n) is 10.7. The molecule has 0 fully saturated rings. The van der Waals surface area contributed by atoms with Crippen molar-refractivity contribution in [2.45, 2.75) is 6.92 Å². The van der Waals surface area contributed by atoms with E-state index in [1.165, 1.54) is 6.21 Å². The minimum absolute atomic E-state index is 0.120. The molecule has 4 nitrogen and oxygen atoms in total. The van der Waals surface area contributed by atoms with Gasteiger partial charge in [-0.05, 0) is 31.2 Å². The standard InChI is InChI=1S/C13H11NO2.C2H6O/c15-12-7-3-1-5-10(12)9-14-11-6-2-4-8-13(11)16;1-2-3/h1-9,15-16H;3H,2H2,1H3.